The van der Waals surface area contributed by atoms with Gasteiger partial charge in [-0.1, -0.05) is 0 Å². The molecule has 114 valence electrons. The van der Waals surface area contributed by atoms with Gasteiger partial charge < -0.3 is 9.88 Å². The summed E-state index contributed by atoms with van der Waals surface area (Å²) in [5, 5.41) is 0. The number of hydrogen-bond donors (Lipinski definition) is 1. The quantitative estimate of drug-likeness (QED) is 0.911. The second-order valence-corrected chi connectivity index (χ2v) is 5.59. The Kier molecular flexibility index (Phi) is 4.00. The zero-order chi connectivity index (χ0) is 15.5. The van der Waals surface area contributed by atoms with Gasteiger partial charge in [0.25, 0.3) is 11.5 Å². The molecule has 1 aliphatic heterocycles. The van der Waals surface area contributed by atoms with Gasteiger partial charge >= 0.3 is 0 Å². The largest absolute Gasteiger partial charge is 0.338 e. The first kappa shape index (κ1) is 14.4. The number of aromatic nitrogens is 3. The number of likely N-dealkylation sites (tertiary alicyclic amines) is 1. The topological polar surface area (TPSA) is 79.0 Å². The normalized spacial score (nSPS) is 18.2. The van der Waals surface area contributed by atoms with Gasteiger partial charge in [-0.3, -0.25) is 14.6 Å². The Labute approximate surface area is 128 Å². The predicted octanol–water partition coefficient (Wildman–Crippen LogP) is 1.49. The highest BCUT2D eigenvalue weighted by molar-refractivity contribution is 5.93. The molecule has 0 unspecified atom stereocenters. The van der Waals surface area contributed by atoms with E-state index in [1.54, 1.807) is 31.5 Å². The van der Waals surface area contributed by atoms with Crippen LogP contribution in [0.3, 0.4) is 0 Å². The van der Waals surface area contributed by atoms with E-state index in [1.807, 2.05) is 4.90 Å². The Bertz CT molecular complexity index is 726. The fraction of sp³-hybridized carbons (Fsp3) is 0.375. The van der Waals surface area contributed by atoms with Crippen LogP contribution in [-0.4, -0.2) is 38.8 Å². The Balaban J connectivity index is 1.79. The van der Waals surface area contributed by atoms with Crippen LogP contribution in [0, 0.1) is 6.92 Å². The van der Waals surface area contributed by atoms with Crippen LogP contribution >= 0.6 is 0 Å². The van der Waals surface area contributed by atoms with Crippen LogP contribution in [0.5, 0.6) is 0 Å². The van der Waals surface area contributed by atoms with Gasteiger partial charge in [-0.2, -0.15) is 0 Å². The Morgan fingerprint density at radius 1 is 1.45 bits per heavy atom. The molecule has 1 saturated heterocycles. The third-order valence-electron chi connectivity index (χ3n) is 3.92. The smallest absolute Gasteiger partial charge is 0.255 e. The van der Waals surface area contributed by atoms with E-state index in [4.69, 9.17) is 0 Å². The summed E-state index contributed by atoms with van der Waals surface area (Å²) < 4.78 is 0. The summed E-state index contributed by atoms with van der Waals surface area (Å²) in [6, 6.07) is 5.07. The third-order valence-corrected chi connectivity index (χ3v) is 3.92. The molecule has 1 N–H and O–H groups in total. The summed E-state index contributed by atoms with van der Waals surface area (Å²) in [5.41, 5.74) is 1.22. The molecule has 0 saturated carbocycles. The van der Waals surface area contributed by atoms with E-state index in [9.17, 15) is 9.59 Å². The molecule has 0 radical (unpaired) electrons. The first-order chi connectivity index (χ1) is 10.6. The maximum absolute atomic E-state index is 12.5. The number of nitrogens with zero attached hydrogens (tertiary/aromatic N) is 3. The Morgan fingerprint density at radius 3 is 3.05 bits per heavy atom. The van der Waals surface area contributed by atoms with Gasteiger partial charge in [0.15, 0.2) is 0 Å². The van der Waals surface area contributed by atoms with Crippen molar-refractivity contribution in [1.29, 1.82) is 0 Å². The number of aromatic amines is 1. The SMILES string of the molecule is Cc1nc([C@@H]2CCCN(C(=O)c3cccnc3)C2)cc(=O)[nH]1. The molecule has 3 heterocycles. The van der Waals surface area contributed by atoms with Crippen molar-refractivity contribution in [1.82, 2.24) is 19.9 Å². The standard InChI is InChI=1S/C16H18N4O2/c1-11-18-14(8-15(21)19-11)13-5-3-7-20(10-13)16(22)12-4-2-6-17-9-12/h2,4,6,8-9,13H,3,5,7,10H2,1H3,(H,18,19,21)/t13-/m1/s1. The molecule has 1 fully saturated rings. The summed E-state index contributed by atoms with van der Waals surface area (Å²) in [7, 11) is 0. The highest BCUT2D eigenvalue weighted by Gasteiger charge is 2.26. The number of H-pyrrole nitrogens is 1. The van der Waals surface area contributed by atoms with Gasteiger partial charge in [-0.05, 0) is 31.9 Å². The number of aryl methyl sites for hydroxylation is 1. The van der Waals surface area contributed by atoms with Gasteiger partial charge in [-0.15, -0.1) is 0 Å². The first-order valence-electron chi connectivity index (χ1n) is 7.40. The van der Waals surface area contributed by atoms with Gasteiger partial charge in [0, 0.05) is 37.5 Å². The minimum Gasteiger partial charge on any atom is -0.338 e. The van der Waals surface area contributed by atoms with E-state index in [0.29, 0.717) is 17.9 Å². The summed E-state index contributed by atoms with van der Waals surface area (Å²) >= 11 is 0. The zero-order valence-electron chi connectivity index (χ0n) is 12.5. The molecule has 2 aromatic heterocycles. The van der Waals surface area contributed by atoms with Crippen molar-refractivity contribution >= 4 is 5.91 Å². The summed E-state index contributed by atoms with van der Waals surface area (Å²) in [6.45, 7) is 3.09. The minimum absolute atomic E-state index is 0.0145. The lowest BCUT2D eigenvalue weighted by Crippen LogP contribution is -2.39. The van der Waals surface area contributed by atoms with Crippen molar-refractivity contribution in [2.75, 3.05) is 13.1 Å². The van der Waals surface area contributed by atoms with E-state index in [0.717, 1.165) is 25.1 Å². The van der Waals surface area contributed by atoms with E-state index < -0.39 is 0 Å². The Morgan fingerprint density at radius 2 is 2.32 bits per heavy atom. The second-order valence-electron chi connectivity index (χ2n) is 5.59. The molecular formula is C16H18N4O2. The number of rotatable bonds is 2. The van der Waals surface area contributed by atoms with Crippen LogP contribution in [0.4, 0.5) is 0 Å². The van der Waals surface area contributed by atoms with Crippen LogP contribution in [0.15, 0.2) is 35.4 Å². The molecule has 6 nitrogen and oxygen atoms in total. The van der Waals surface area contributed by atoms with Crippen LogP contribution < -0.4 is 5.56 Å². The highest BCUT2D eigenvalue weighted by atomic mass is 16.2. The molecule has 22 heavy (non-hydrogen) atoms. The van der Waals surface area contributed by atoms with Crippen molar-refractivity contribution in [3.05, 3.63) is 58.0 Å². The van der Waals surface area contributed by atoms with Gasteiger partial charge in [-0.25, -0.2) is 4.98 Å². The van der Waals surface area contributed by atoms with E-state index in [-0.39, 0.29) is 17.4 Å². The lowest BCUT2D eigenvalue weighted by atomic mass is 9.94. The molecule has 1 aliphatic rings. The molecule has 0 aliphatic carbocycles. The fourth-order valence-corrected chi connectivity index (χ4v) is 2.89. The maximum atomic E-state index is 12.5. The van der Waals surface area contributed by atoms with Crippen molar-refractivity contribution < 1.29 is 4.79 Å². The van der Waals surface area contributed by atoms with E-state index >= 15 is 0 Å². The van der Waals surface area contributed by atoms with Gasteiger partial charge in [0.1, 0.15) is 5.82 Å². The average Bonchev–Trinajstić information content (AvgIpc) is 2.54. The van der Waals surface area contributed by atoms with Crippen molar-refractivity contribution in [3.8, 4) is 0 Å². The zero-order valence-corrected chi connectivity index (χ0v) is 12.5. The minimum atomic E-state index is -0.141. The first-order valence-corrected chi connectivity index (χ1v) is 7.40. The summed E-state index contributed by atoms with van der Waals surface area (Å²) in [5.74, 6) is 0.702. The summed E-state index contributed by atoms with van der Waals surface area (Å²) in [6.07, 6.45) is 5.08. The Hall–Kier alpha value is -2.50. The van der Waals surface area contributed by atoms with E-state index in [2.05, 4.69) is 15.0 Å². The monoisotopic (exact) mass is 298 g/mol. The number of hydrogen-bond acceptors (Lipinski definition) is 4. The highest BCUT2D eigenvalue weighted by Crippen LogP contribution is 2.25. The molecule has 0 spiro atoms. The number of carbonyl (C=O) groups excluding carboxylic acids is 1. The second kappa shape index (κ2) is 6.09. The summed E-state index contributed by atoms with van der Waals surface area (Å²) in [4.78, 5) is 37.0. The molecule has 3 rings (SSSR count). The molecule has 1 atom stereocenters. The number of amides is 1. The van der Waals surface area contributed by atoms with Crippen molar-refractivity contribution in [2.24, 2.45) is 0 Å². The average molecular weight is 298 g/mol. The van der Waals surface area contributed by atoms with Crippen molar-refractivity contribution in [2.45, 2.75) is 25.7 Å². The molecule has 1 amide bonds. The maximum Gasteiger partial charge on any atom is 0.255 e. The third kappa shape index (κ3) is 3.05. The molecule has 2 aromatic rings. The van der Waals surface area contributed by atoms with Crippen LogP contribution in [0.2, 0.25) is 0 Å². The number of pyridine rings is 1. The number of piperidine rings is 1. The lowest BCUT2D eigenvalue weighted by Gasteiger charge is -2.32. The molecular weight excluding hydrogens is 280 g/mol. The molecule has 6 heteroatoms. The lowest BCUT2D eigenvalue weighted by molar-refractivity contribution is 0.0705. The van der Waals surface area contributed by atoms with Crippen molar-refractivity contribution in [3.63, 3.8) is 0 Å². The van der Waals surface area contributed by atoms with Crippen LogP contribution in [0.1, 0.15) is 40.6 Å². The van der Waals surface area contributed by atoms with E-state index in [1.165, 1.54) is 6.07 Å². The van der Waals surface area contributed by atoms with Gasteiger partial charge in [0.05, 0.1) is 11.3 Å². The number of carbonyl (C=O) groups is 1. The van der Waals surface area contributed by atoms with Crippen LogP contribution in [-0.2, 0) is 0 Å². The molecule has 0 bridgehead atoms. The predicted molar refractivity (Wildman–Crippen MR) is 81.7 cm³/mol. The fourth-order valence-electron chi connectivity index (χ4n) is 2.89. The molecule has 0 aromatic carbocycles. The van der Waals surface area contributed by atoms with Gasteiger partial charge in [0.2, 0.25) is 0 Å². The number of nitrogens with one attached hydrogen (secondary N) is 1. The van der Waals surface area contributed by atoms with Crippen LogP contribution in [0.25, 0.3) is 0 Å².